The van der Waals surface area contributed by atoms with Crippen LogP contribution in [0.15, 0.2) is 0 Å². The van der Waals surface area contributed by atoms with Gasteiger partial charge in [-0.1, -0.05) is 0 Å². The molecule has 1 rings (SSSR count). The molecule has 0 aromatic rings. The molecule has 6 N–H and O–H groups in total. The summed E-state index contributed by atoms with van der Waals surface area (Å²) in [6.07, 6.45) is -9.84. The van der Waals surface area contributed by atoms with Gasteiger partial charge in [0, 0.05) is 0 Å². The number of rotatable bonds is 0. The monoisotopic (exact) mass is 180 g/mol. The van der Waals surface area contributed by atoms with E-state index < -0.39 is 36.6 Å². The van der Waals surface area contributed by atoms with Crippen molar-refractivity contribution in [2.45, 2.75) is 36.6 Å². The van der Waals surface area contributed by atoms with E-state index in [1.165, 1.54) is 0 Å². The zero-order chi connectivity index (χ0) is 9.46. The summed E-state index contributed by atoms with van der Waals surface area (Å²) in [6, 6.07) is 0. The van der Waals surface area contributed by atoms with E-state index in [0.29, 0.717) is 0 Å². The number of hydrogen-bond donors (Lipinski definition) is 6. The molecule has 1 aliphatic rings. The Hall–Kier alpha value is -0.240. The SMILES string of the molecule is O[C@H]1[C@@H](O)[C@@H](O)[C@@H](O)[C@@H](O)[C@H]1O. The number of hydrogen-bond acceptors (Lipinski definition) is 6. The van der Waals surface area contributed by atoms with Gasteiger partial charge in [-0.15, -0.1) is 0 Å². The molecular weight excluding hydrogens is 168 g/mol. The lowest BCUT2D eigenvalue weighted by Gasteiger charge is -2.39. The third-order valence-corrected chi connectivity index (χ3v) is 2.10. The van der Waals surface area contributed by atoms with Crippen LogP contribution in [-0.4, -0.2) is 67.3 Å². The molecule has 0 aromatic carbocycles. The molecule has 1 saturated carbocycles. The maximum Gasteiger partial charge on any atom is 0.111 e. The van der Waals surface area contributed by atoms with Gasteiger partial charge < -0.3 is 30.6 Å². The quantitative estimate of drug-likeness (QED) is 0.227. The van der Waals surface area contributed by atoms with Crippen LogP contribution in [0.1, 0.15) is 0 Å². The van der Waals surface area contributed by atoms with Crippen LogP contribution < -0.4 is 0 Å². The average Bonchev–Trinajstić information content (AvgIpc) is 2.08. The summed E-state index contributed by atoms with van der Waals surface area (Å²) in [7, 11) is 0. The highest BCUT2D eigenvalue weighted by molar-refractivity contribution is 4.98. The fourth-order valence-electron chi connectivity index (χ4n) is 1.21. The van der Waals surface area contributed by atoms with Gasteiger partial charge in [0.25, 0.3) is 0 Å². The molecule has 0 aliphatic heterocycles. The minimum Gasteiger partial charge on any atom is -0.387 e. The Morgan fingerprint density at radius 2 is 0.417 bits per heavy atom. The summed E-state index contributed by atoms with van der Waals surface area (Å²) < 4.78 is 0. The van der Waals surface area contributed by atoms with Gasteiger partial charge in [-0.2, -0.15) is 0 Å². The minimum atomic E-state index is -1.64. The van der Waals surface area contributed by atoms with Crippen LogP contribution in [0.4, 0.5) is 0 Å². The van der Waals surface area contributed by atoms with E-state index in [1.807, 2.05) is 0 Å². The molecular formula is C6H12O6. The largest absolute Gasteiger partial charge is 0.387 e. The predicted octanol–water partition coefficient (Wildman–Crippen LogP) is -3.83. The van der Waals surface area contributed by atoms with Crippen molar-refractivity contribution in [3.63, 3.8) is 0 Å². The van der Waals surface area contributed by atoms with Gasteiger partial charge in [0.15, 0.2) is 0 Å². The predicted molar refractivity (Wildman–Crippen MR) is 36.0 cm³/mol. The fraction of sp³-hybridized carbons (Fsp3) is 1.00. The molecule has 6 heteroatoms. The zero-order valence-corrected chi connectivity index (χ0v) is 6.15. The second kappa shape index (κ2) is 3.25. The molecule has 0 aromatic heterocycles. The van der Waals surface area contributed by atoms with Crippen molar-refractivity contribution in [3.8, 4) is 0 Å². The minimum absolute atomic E-state index is 1.64. The third-order valence-electron chi connectivity index (χ3n) is 2.10. The molecule has 12 heavy (non-hydrogen) atoms. The van der Waals surface area contributed by atoms with Crippen molar-refractivity contribution in [1.29, 1.82) is 0 Å². The Labute approximate surface area is 68.3 Å². The molecule has 6 nitrogen and oxygen atoms in total. The van der Waals surface area contributed by atoms with Crippen molar-refractivity contribution in [3.05, 3.63) is 0 Å². The standard InChI is InChI=1S/C6H12O6/c7-1-2(8)4(10)6(12)5(11)3(1)9/h1-12H/t1-,2+,3-,4+,5-,6+. The first-order valence-electron chi connectivity index (χ1n) is 3.55. The smallest absolute Gasteiger partial charge is 0.111 e. The first-order valence-corrected chi connectivity index (χ1v) is 3.55. The number of aliphatic hydroxyl groups is 6. The molecule has 0 saturated heterocycles. The van der Waals surface area contributed by atoms with E-state index in [9.17, 15) is 0 Å². The van der Waals surface area contributed by atoms with Crippen LogP contribution >= 0.6 is 0 Å². The summed E-state index contributed by atoms with van der Waals surface area (Å²) >= 11 is 0. The molecule has 0 amide bonds. The maximum atomic E-state index is 8.97. The van der Waals surface area contributed by atoms with Crippen molar-refractivity contribution in [1.82, 2.24) is 0 Å². The van der Waals surface area contributed by atoms with Crippen LogP contribution in [0.2, 0.25) is 0 Å². The first kappa shape index (κ1) is 9.85. The summed E-state index contributed by atoms with van der Waals surface area (Å²) in [5.41, 5.74) is 0. The Morgan fingerprint density at radius 3 is 0.500 bits per heavy atom. The van der Waals surface area contributed by atoms with Crippen LogP contribution in [0, 0.1) is 0 Å². The second-order valence-electron chi connectivity index (χ2n) is 2.94. The highest BCUT2D eigenvalue weighted by atomic mass is 16.4. The van der Waals surface area contributed by atoms with Crippen LogP contribution in [-0.2, 0) is 0 Å². The van der Waals surface area contributed by atoms with E-state index in [2.05, 4.69) is 0 Å². The highest BCUT2D eigenvalue weighted by Gasteiger charge is 2.47. The Bertz CT molecular complexity index is 104. The van der Waals surface area contributed by atoms with Gasteiger partial charge >= 0.3 is 0 Å². The van der Waals surface area contributed by atoms with Crippen LogP contribution in [0.5, 0.6) is 0 Å². The lowest BCUT2D eigenvalue weighted by Crippen LogP contribution is -2.63. The fourth-order valence-corrected chi connectivity index (χ4v) is 1.21. The summed E-state index contributed by atoms with van der Waals surface area (Å²) in [5.74, 6) is 0. The summed E-state index contributed by atoms with van der Waals surface area (Å²) in [4.78, 5) is 0. The average molecular weight is 180 g/mol. The molecule has 0 radical (unpaired) electrons. The highest BCUT2D eigenvalue weighted by Crippen LogP contribution is 2.20. The Morgan fingerprint density at radius 1 is 0.333 bits per heavy atom. The maximum absolute atomic E-state index is 8.97. The molecule has 1 fully saturated rings. The van der Waals surface area contributed by atoms with E-state index in [1.54, 1.807) is 0 Å². The molecule has 0 bridgehead atoms. The molecule has 0 unspecified atom stereocenters. The molecule has 72 valence electrons. The first-order chi connectivity index (χ1) is 5.46. The summed E-state index contributed by atoms with van der Waals surface area (Å²) in [6.45, 7) is 0. The van der Waals surface area contributed by atoms with Gasteiger partial charge in [0.05, 0.1) is 0 Å². The van der Waals surface area contributed by atoms with E-state index in [4.69, 9.17) is 30.6 Å². The van der Waals surface area contributed by atoms with Crippen molar-refractivity contribution in [2.75, 3.05) is 0 Å². The number of aliphatic hydroxyl groups excluding tert-OH is 6. The normalized spacial score (nSPS) is 55.5. The van der Waals surface area contributed by atoms with Gasteiger partial charge in [0.2, 0.25) is 0 Å². The van der Waals surface area contributed by atoms with E-state index >= 15 is 0 Å². The van der Waals surface area contributed by atoms with Gasteiger partial charge in [0.1, 0.15) is 36.6 Å². The molecule has 0 spiro atoms. The van der Waals surface area contributed by atoms with Gasteiger partial charge in [-0.3, -0.25) is 0 Å². The Kier molecular flexibility index (Phi) is 2.67. The molecule has 0 heterocycles. The van der Waals surface area contributed by atoms with Crippen molar-refractivity contribution in [2.24, 2.45) is 0 Å². The van der Waals surface area contributed by atoms with Gasteiger partial charge in [-0.05, 0) is 0 Å². The van der Waals surface area contributed by atoms with Crippen LogP contribution in [0.25, 0.3) is 0 Å². The van der Waals surface area contributed by atoms with E-state index in [-0.39, 0.29) is 0 Å². The van der Waals surface area contributed by atoms with Crippen molar-refractivity contribution >= 4 is 0 Å². The van der Waals surface area contributed by atoms with Crippen molar-refractivity contribution < 1.29 is 30.6 Å². The second-order valence-corrected chi connectivity index (χ2v) is 2.94. The lowest BCUT2D eigenvalue weighted by atomic mass is 9.85. The topological polar surface area (TPSA) is 121 Å². The van der Waals surface area contributed by atoms with Gasteiger partial charge in [-0.25, -0.2) is 0 Å². The Balaban J connectivity index is 2.76. The molecule has 1 aliphatic carbocycles. The molecule has 0 atom stereocenters. The third kappa shape index (κ3) is 1.33. The van der Waals surface area contributed by atoms with E-state index in [0.717, 1.165) is 0 Å². The summed E-state index contributed by atoms with van der Waals surface area (Å²) in [5, 5.41) is 53.8. The lowest BCUT2D eigenvalue weighted by molar-refractivity contribution is -0.223. The zero-order valence-electron chi connectivity index (χ0n) is 6.15. The van der Waals surface area contributed by atoms with Crippen LogP contribution in [0.3, 0.4) is 0 Å².